The van der Waals surface area contributed by atoms with E-state index in [0.717, 1.165) is 25.1 Å². The predicted molar refractivity (Wildman–Crippen MR) is 104 cm³/mol. The molecule has 0 radical (unpaired) electrons. The fourth-order valence-electron chi connectivity index (χ4n) is 3.73. The normalized spacial score (nSPS) is 19.2. The van der Waals surface area contributed by atoms with E-state index in [1.54, 1.807) is 19.4 Å². The van der Waals surface area contributed by atoms with E-state index in [9.17, 15) is 9.59 Å². The van der Waals surface area contributed by atoms with Gasteiger partial charge in [-0.1, -0.05) is 0 Å². The van der Waals surface area contributed by atoms with Crippen LogP contribution in [0.1, 0.15) is 32.1 Å². The first-order valence-corrected chi connectivity index (χ1v) is 10.4. The van der Waals surface area contributed by atoms with Crippen molar-refractivity contribution in [1.82, 2.24) is 20.0 Å². The molecule has 2 amide bonds. The SMILES string of the molecule is COc1ccsc1C(=O)NCC1CCn2ncc(C(=O)N3CCOCC3)c2C1. The summed E-state index contributed by atoms with van der Waals surface area (Å²) in [5.74, 6) is 0.783. The summed E-state index contributed by atoms with van der Waals surface area (Å²) in [6.07, 6.45) is 3.33. The topological polar surface area (TPSA) is 85.7 Å². The van der Waals surface area contributed by atoms with Crippen molar-refractivity contribution < 1.29 is 19.1 Å². The summed E-state index contributed by atoms with van der Waals surface area (Å²) in [4.78, 5) is 27.7. The zero-order valence-corrected chi connectivity index (χ0v) is 16.7. The van der Waals surface area contributed by atoms with Crippen LogP contribution in [0.4, 0.5) is 0 Å². The monoisotopic (exact) mass is 404 g/mol. The van der Waals surface area contributed by atoms with Crippen molar-refractivity contribution in [3.8, 4) is 5.75 Å². The van der Waals surface area contributed by atoms with Gasteiger partial charge in [-0.2, -0.15) is 5.10 Å². The van der Waals surface area contributed by atoms with E-state index in [4.69, 9.17) is 9.47 Å². The number of rotatable bonds is 5. The maximum absolute atomic E-state index is 12.9. The number of carbonyl (C=O) groups excluding carboxylic acids is 2. The minimum absolute atomic E-state index is 0.0255. The van der Waals surface area contributed by atoms with Crippen molar-refractivity contribution in [2.24, 2.45) is 5.92 Å². The van der Waals surface area contributed by atoms with Crippen molar-refractivity contribution in [2.45, 2.75) is 19.4 Å². The molecule has 2 aliphatic heterocycles. The van der Waals surface area contributed by atoms with Crippen LogP contribution in [0.5, 0.6) is 5.75 Å². The number of nitrogens with one attached hydrogen (secondary N) is 1. The average molecular weight is 404 g/mol. The number of methoxy groups -OCH3 is 1. The van der Waals surface area contributed by atoms with Crippen LogP contribution in [0.15, 0.2) is 17.6 Å². The van der Waals surface area contributed by atoms with Crippen LogP contribution in [0.25, 0.3) is 0 Å². The van der Waals surface area contributed by atoms with Crippen molar-refractivity contribution in [2.75, 3.05) is 40.0 Å². The van der Waals surface area contributed by atoms with Gasteiger partial charge in [-0.3, -0.25) is 14.3 Å². The maximum Gasteiger partial charge on any atom is 0.265 e. The number of thiophene rings is 1. The number of fused-ring (bicyclic) bond motifs is 1. The molecule has 150 valence electrons. The van der Waals surface area contributed by atoms with Crippen molar-refractivity contribution in [3.05, 3.63) is 33.8 Å². The van der Waals surface area contributed by atoms with Crippen molar-refractivity contribution in [3.63, 3.8) is 0 Å². The third-order valence-electron chi connectivity index (χ3n) is 5.32. The Labute approximate surface area is 167 Å². The Bertz CT molecular complexity index is 856. The lowest BCUT2D eigenvalue weighted by molar-refractivity contribution is 0.0301. The fraction of sp³-hybridized carbons (Fsp3) is 0.526. The lowest BCUT2D eigenvalue weighted by Gasteiger charge is -2.28. The first-order valence-electron chi connectivity index (χ1n) is 9.48. The second-order valence-corrected chi connectivity index (χ2v) is 7.94. The average Bonchev–Trinajstić information content (AvgIpc) is 3.38. The molecule has 0 aliphatic carbocycles. The van der Waals surface area contributed by atoms with Gasteiger partial charge in [-0.25, -0.2) is 0 Å². The van der Waals surface area contributed by atoms with Gasteiger partial charge in [-0.05, 0) is 30.2 Å². The van der Waals surface area contributed by atoms with Gasteiger partial charge in [0, 0.05) is 26.2 Å². The second kappa shape index (κ2) is 8.32. The number of amides is 2. The maximum atomic E-state index is 12.9. The number of carbonyl (C=O) groups is 2. The largest absolute Gasteiger partial charge is 0.495 e. The molecule has 1 saturated heterocycles. The molecule has 9 heteroatoms. The van der Waals surface area contributed by atoms with Crippen LogP contribution >= 0.6 is 11.3 Å². The lowest BCUT2D eigenvalue weighted by atomic mass is 9.94. The Balaban J connectivity index is 1.39. The Hall–Kier alpha value is -2.39. The van der Waals surface area contributed by atoms with E-state index < -0.39 is 0 Å². The van der Waals surface area contributed by atoms with Gasteiger partial charge < -0.3 is 19.7 Å². The van der Waals surface area contributed by atoms with Gasteiger partial charge in [0.2, 0.25) is 0 Å². The molecular weight excluding hydrogens is 380 g/mol. The summed E-state index contributed by atoms with van der Waals surface area (Å²) in [5, 5.41) is 9.26. The molecule has 1 unspecified atom stereocenters. The number of hydrogen-bond donors (Lipinski definition) is 1. The van der Waals surface area contributed by atoms with E-state index in [1.807, 2.05) is 15.0 Å². The third kappa shape index (κ3) is 3.77. The molecule has 2 aromatic rings. The van der Waals surface area contributed by atoms with Crippen LogP contribution in [0.3, 0.4) is 0 Å². The molecule has 8 nitrogen and oxygen atoms in total. The summed E-state index contributed by atoms with van der Waals surface area (Å²) in [7, 11) is 1.56. The highest BCUT2D eigenvalue weighted by molar-refractivity contribution is 7.12. The van der Waals surface area contributed by atoms with Gasteiger partial charge in [-0.15, -0.1) is 11.3 Å². The Morgan fingerprint density at radius 1 is 1.36 bits per heavy atom. The predicted octanol–water partition coefficient (Wildman–Crippen LogP) is 1.42. The molecule has 0 saturated carbocycles. The van der Waals surface area contributed by atoms with Crippen LogP contribution in [0.2, 0.25) is 0 Å². The Kier molecular flexibility index (Phi) is 5.63. The molecule has 0 spiro atoms. The first kappa shape index (κ1) is 18.9. The van der Waals surface area contributed by atoms with Crippen LogP contribution < -0.4 is 10.1 Å². The van der Waals surface area contributed by atoms with E-state index in [1.165, 1.54) is 11.3 Å². The van der Waals surface area contributed by atoms with Gasteiger partial charge in [0.05, 0.1) is 37.8 Å². The third-order valence-corrected chi connectivity index (χ3v) is 6.21. The van der Waals surface area contributed by atoms with Crippen LogP contribution in [-0.2, 0) is 17.7 Å². The number of morpholine rings is 1. The summed E-state index contributed by atoms with van der Waals surface area (Å²) in [6.45, 7) is 3.72. The molecule has 0 aromatic carbocycles. The molecule has 4 rings (SSSR count). The molecule has 1 fully saturated rings. The number of aryl methyl sites for hydroxylation is 1. The van der Waals surface area contributed by atoms with Gasteiger partial charge in [0.1, 0.15) is 10.6 Å². The first-order chi connectivity index (χ1) is 13.7. The smallest absolute Gasteiger partial charge is 0.265 e. The number of hydrogen-bond acceptors (Lipinski definition) is 6. The fourth-order valence-corrected chi connectivity index (χ4v) is 4.50. The molecular formula is C19H24N4O4S. The van der Waals surface area contributed by atoms with Crippen LogP contribution in [0, 0.1) is 5.92 Å². The molecule has 1 atom stereocenters. The Morgan fingerprint density at radius 2 is 2.18 bits per heavy atom. The minimum atomic E-state index is -0.115. The van der Waals surface area contributed by atoms with E-state index in [0.29, 0.717) is 49.0 Å². The van der Waals surface area contributed by atoms with Gasteiger partial charge in [0.15, 0.2) is 0 Å². The molecule has 4 heterocycles. The lowest BCUT2D eigenvalue weighted by Crippen LogP contribution is -2.41. The van der Waals surface area contributed by atoms with Gasteiger partial charge >= 0.3 is 0 Å². The Morgan fingerprint density at radius 3 is 2.96 bits per heavy atom. The van der Waals surface area contributed by atoms with Gasteiger partial charge in [0.25, 0.3) is 11.8 Å². The highest BCUT2D eigenvalue weighted by Gasteiger charge is 2.28. The summed E-state index contributed by atoms with van der Waals surface area (Å²) in [6, 6.07) is 1.79. The minimum Gasteiger partial charge on any atom is -0.495 e. The number of ether oxygens (including phenoxy) is 2. The second-order valence-electron chi connectivity index (χ2n) is 7.02. The summed E-state index contributed by atoms with van der Waals surface area (Å²) < 4.78 is 12.5. The highest BCUT2D eigenvalue weighted by atomic mass is 32.1. The molecule has 2 aromatic heterocycles. The zero-order chi connectivity index (χ0) is 19.5. The van der Waals surface area contributed by atoms with E-state index in [-0.39, 0.29) is 17.7 Å². The molecule has 28 heavy (non-hydrogen) atoms. The van der Waals surface area contributed by atoms with E-state index >= 15 is 0 Å². The molecule has 0 bridgehead atoms. The van der Waals surface area contributed by atoms with Crippen molar-refractivity contribution >= 4 is 23.2 Å². The number of aromatic nitrogens is 2. The molecule has 1 N–H and O–H groups in total. The summed E-state index contributed by atoms with van der Waals surface area (Å²) in [5.41, 5.74) is 1.65. The van der Waals surface area contributed by atoms with Crippen molar-refractivity contribution in [1.29, 1.82) is 0 Å². The quantitative estimate of drug-likeness (QED) is 0.815. The summed E-state index contributed by atoms with van der Waals surface area (Å²) >= 11 is 1.37. The standard InChI is InChI=1S/C19H24N4O4S/c1-26-16-3-9-28-17(16)18(24)20-11-13-2-4-23-15(10-13)14(12-21-23)19(25)22-5-7-27-8-6-22/h3,9,12-13H,2,4-8,10-11H2,1H3,(H,20,24). The number of nitrogens with zero attached hydrogens (tertiary/aromatic N) is 3. The van der Waals surface area contributed by atoms with E-state index in [2.05, 4.69) is 10.4 Å². The zero-order valence-electron chi connectivity index (χ0n) is 15.8. The van der Waals surface area contributed by atoms with Crippen LogP contribution in [-0.4, -0.2) is 66.5 Å². The highest BCUT2D eigenvalue weighted by Crippen LogP contribution is 2.26. The molecule has 2 aliphatic rings.